The van der Waals surface area contributed by atoms with Crippen LogP contribution in [0.4, 0.5) is 5.69 Å². The molecule has 0 N–H and O–H groups in total. The van der Waals surface area contributed by atoms with E-state index >= 15 is 0 Å². The Hall–Kier alpha value is -4.14. The number of nitrogens with zero attached hydrogens (tertiary/aromatic N) is 2. The lowest BCUT2D eigenvalue weighted by Gasteiger charge is -2.21. The first-order chi connectivity index (χ1) is 14.8. The van der Waals surface area contributed by atoms with Gasteiger partial charge in [-0.25, -0.2) is 4.90 Å². The van der Waals surface area contributed by atoms with Gasteiger partial charge in [-0.05, 0) is 24.3 Å². The Morgan fingerprint density at radius 1 is 1.03 bits per heavy atom. The zero-order valence-electron chi connectivity index (χ0n) is 17.0. The molecule has 2 aromatic carbocycles. The van der Waals surface area contributed by atoms with Gasteiger partial charge >= 0.3 is 5.97 Å². The highest BCUT2D eigenvalue weighted by atomic mass is 16.7. The molecule has 1 aromatic heterocycles. The fourth-order valence-electron chi connectivity index (χ4n) is 3.48. The molecule has 0 saturated heterocycles. The summed E-state index contributed by atoms with van der Waals surface area (Å²) in [6, 6.07) is 11.2. The van der Waals surface area contributed by atoms with E-state index in [4.69, 9.17) is 14.2 Å². The van der Waals surface area contributed by atoms with Gasteiger partial charge in [0.05, 0.1) is 11.2 Å². The van der Waals surface area contributed by atoms with E-state index in [2.05, 4.69) is 0 Å². The van der Waals surface area contributed by atoms with Crippen molar-refractivity contribution in [1.29, 1.82) is 0 Å². The predicted octanol–water partition coefficient (Wildman–Crippen LogP) is 2.39. The van der Waals surface area contributed by atoms with E-state index in [0.717, 1.165) is 4.90 Å². The van der Waals surface area contributed by atoms with Gasteiger partial charge in [0.1, 0.15) is 5.56 Å². The summed E-state index contributed by atoms with van der Waals surface area (Å²) in [6.45, 7) is 2.38. The van der Waals surface area contributed by atoms with Crippen LogP contribution >= 0.6 is 0 Å². The molecule has 0 saturated carbocycles. The van der Waals surface area contributed by atoms with Crippen LogP contribution in [0.15, 0.2) is 47.3 Å². The van der Waals surface area contributed by atoms with E-state index in [-0.39, 0.29) is 18.2 Å². The molecule has 9 nitrogen and oxygen atoms in total. The number of hydrogen-bond donors (Lipinski definition) is 0. The van der Waals surface area contributed by atoms with Crippen molar-refractivity contribution in [2.75, 3.05) is 11.7 Å². The molecular formula is C22H18N2O7. The van der Waals surface area contributed by atoms with E-state index < -0.39 is 28.9 Å². The first-order valence-corrected chi connectivity index (χ1v) is 9.34. The Morgan fingerprint density at radius 3 is 2.45 bits per heavy atom. The minimum Gasteiger partial charge on any atom is -0.454 e. The molecule has 9 heteroatoms. The van der Waals surface area contributed by atoms with Crippen LogP contribution in [0.3, 0.4) is 0 Å². The molecule has 0 atom stereocenters. The molecule has 0 spiro atoms. The van der Waals surface area contributed by atoms with Gasteiger partial charge in [0, 0.05) is 32.3 Å². The van der Waals surface area contributed by atoms with Crippen LogP contribution in [0.5, 0.6) is 17.2 Å². The molecule has 2 heterocycles. The third-order valence-corrected chi connectivity index (χ3v) is 4.85. The molecular weight excluding hydrogens is 404 g/mol. The molecule has 1 aliphatic heterocycles. The summed E-state index contributed by atoms with van der Waals surface area (Å²) in [5.41, 5.74) is -0.472. The maximum absolute atomic E-state index is 13.5. The van der Waals surface area contributed by atoms with Gasteiger partial charge in [0.25, 0.3) is 11.5 Å². The number of carbonyl (C=O) groups excluding carboxylic acids is 3. The highest BCUT2D eigenvalue weighted by Gasteiger charge is 2.31. The Kier molecular flexibility index (Phi) is 4.94. The molecule has 0 fully saturated rings. The number of fused-ring (bicyclic) bond motifs is 2. The number of hydrogen-bond acceptors (Lipinski definition) is 7. The quantitative estimate of drug-likeness (QED) is 0.597. The van der Waals surface area contributed by atoms with Gasteiger partial charge in [-0.15, -0.1) is 0 Å². The monoisotopic (exact) mass is 422 g/mol. The molecule has 3 aromatic rings. The number of aryl methyl sites for hydroxylation is 1. The van der Waals surface area contributed by atoms with Gasteiger partial charge in [-0.1, -0.05) is 12.1 Å². The lowest BCUT2D eigenvalue weighted by atomic mass is 10.1. The normalized spacial score (nSPS) is 12.0. The van der Waals surface area contributed by atoms with Crippen LogP contribution in [0.25, 0.3) is 10.9 Å². The van der Waals surface area contributed by atoms with Gasteiger partial charge in [0.15, 0.2) is 17.2 Å². The van der Waals surface area contributed by atoms with Crippen LogP contribution in [-0.4, -0.2) is 29.1 Å². The summed E-state index contributed by atoms with van der Waals surface area (Å²) >= 11 is 0. The van der Waals surface area contributed by atoms with Crippen molar-refractivity contribution < 1.29 is 28.6 Å². The average molecular weight is 422 g/mol. The van der Waals surface area contributed by atoms with Gasteiger partial charge in [0.2, 0.25) is 12.7 Å². The molecule has 0 radical (unpaired) electrons. The second-order valence-corrected chi connectivity index (χ2v) is 6.88. The fraction of sp³-hybridized carbons (Fsp3) is 0.182. The summed E-state index contributed by atoms with van der Waals surface area (Å²) in [5, 5.41) is 0.386. The summed E-state index contributed by atoms with van der Waals surface area (Å²) < 4.78 is 17.2. The second-order valence-electron chi connectivity index (χ2n) is 6.88. The van der Waals surface area contributed by atoms with Crippen LogP contribution in [0, 0.1) is 0 Å². The molecule has 0 unspecified atom stereocenters. The standard InChI is InChI=1S/C22H18N2O7/c1-12(25)24(14-8-9-17-18(10-14)30-11-29-17)22(28)19-20(31-13(2)26)15-6-4-5-7-16(15)23(3)21(19)27/h4-10H,11H2,1-3H3. The summed E-state index contributed by atoms with van der Waals surface area (Å²) in [6.07, 6.45) is 0. The maximum atomic E-state index is 13.5. The number of anilines is 1. The van der Waals surface area contributed by atoms with E-state index in [1.165, 1.54) is 37.6 Å². The predicted molar refractivity (Wildman–Crippen MR) is 111 cm³/mol. The topological polar surface area (TPSA) is 104 Å². The molecule has 2 amide bonds. The van der Waals surface area contributed by atoms with E-state index in [1.807, 2.05) is 0 Å². The summed E-state index contributed by atoms with van der Waals surface area (Å²) in [7, 11) is 1.50. The number of pyridine rings is 1. The number of imide groups is 1. The number of amides is 2. The Balaban J connectivity index is 1.95. The second kappa shape index (κ2) is 7.60. The third kappa shape index (κ3) is 3.39. The van der Waals surface area contributed by atoms with Crippen molar-refractivity contribution in [2.24, 2.45) is 7.05 Å². The minimum atomic E-state index is -0.922. The average Bonchev–Trinajstić information content (AvgIpc) is 3.19. The highest BCUT2D eigenvalue weighted by molar-refractivity contribution is 6.22. The first kappa shape index (κ1) is 20.1. The molecule has 31 heavy (non-hydrogen) atoms. The largest absolute Gasteiger partial charge is 0.454 e. The highest BCUT2D eigenvalue weighted by Crippen LogP contribution is 2.36. The molecule has 0 aliphatic carbocycles. The number of benzene rings is 2. The molecule has 1 aliphatic rings. The number of ether oxygens (including phenoxy) is 3. The van der Waals surface area contributed by atoms with Crippen molar-refractivity contribution in [3.05, 3.63) is 58.4 Å². The van der Waals surface area contributed by atoms with Crippen LogP contribution < -0.4 is 24.7 Å². The number of carbonyl (C=O) groups is 3. The van der Waals surface area contributed by atoms with Crippen molar-refractivity contribution in [3.8, 4) is 17.2 Å². The number of para-hydroxylation sites is 1. The van der Waals surface area contributed by atoms with Crippen molar-refractivity contribution >= 4 is 34.4 Å². The van der Waals surface area contributed by atoms with E-state index in [1.54, 1.807) is 30.3 Å². The van der Waals surface area contributed by atoms with Crippen LogP contribution in [-0.2, 0) is 16.6 Å². The van der Waals surface area contributed by atoms with Gasteiger partial charge < -0.3 is 18.8 Å². The maximum Gasteiger partial charge on any atom is 0.308 e. The molecule has 0 bridgehead atoms. The lowest BCUT2D eigenvalue weighted by Crippen LogP contribution is -2.40. The summed E-state index contributed by atoms with van der Waals surface area (Å²) in [4.78, 5) is 51.8. The number of esters is 1. The van der Waals surface area contributed by atoms with Gasteiger partial charge in [-0.2, -0.15) is 0 Å². The van der Waals surface area contributed by atoms with Gasteiger partial charge in [-0.3, -0.25) is 19.2 Å². The number of aromatic nitrogens is 1. The Bertz CT molecular complexity index is 1310. The zero-order chi connectivity index (χ0) is 22.3. The van der Waals surface area contributed by atoms with Crippen molar-refractivity contribution in [3.63, 3.8) is 0 Å². The van der Waals surface area contributed by atoms with E-state index in [0.29, 0.717) is 22.4 Å². The van der Waals surface area contributed by atoms with Crippen LogP contribution in [0.1, 0.15) is 24.2 Å². The lowest BCUT2D eigenvalue weighted by molar-refractivity contribution is -0.131. The van der Waals surface area contributed by atoms with Crippen molar-refractivity contribution in [1.82, 2.24) is 4.57 Å². The summed E-state index contributed by atoms with van der Waals surface area (Å²) in [5.74, 6) is -1.61. The zero-order valence-corrected chi connectivity index (χ0v) is 17.0. The van der Waals surface area contributed by atoms with E-state index in [9.17, 15) is 19.2 Å². The third-order valence-electron chi connectivity index (χ3n) is 4.85. The first-order valence-electron chi connectivity index (χ1n) is 9.34. The fourth-order valence-corrected chi connectivity index (χ4v) is 3.48. The molecule has 4 rings (SSSR count). The number of rotatable bonds is 3. The molecule has 158 valence electrons. The van der Waals surface area contributed by atoms with Crippen LogP contribution in [0.2, 0.25) is 0 Å². The Labute approximate surface area is 176 Å². The van der Waals surface area contributed by atoms with Crippen molar-refractivity contribution in [2.45, 2.75) is 13.8 Å². The smallest absolute Gasteiger partial charge is 0.308 e. The minimum absolute atomic E-state index is 0.0224. The Morgan fingerprint density at radius 2 is 1.74 bits per heavy atom. The SMILES string of the molecule is CC(=O)Oc1c(C(=O)N(C(C)=O)c2ccc3c(c2)OCO3)c(=O)n(C)c2ccccc12.